The third-order valence-electron chi connectivity index (χ3n) is 4.37. The summed E-state index contributed by atoms with van der Waals surface area (Å²) in [6, 6.07) is 5.55. The Morgan fingerprint density at radius 1 is 1.16 bits per heavy atom. The van der Waals surface area contributed by atoms with Gasteiger partial charge < -0.3 is 15.2 Å². The molecule has 1 atom stereocenters. The van der Waals surface area contributed by atoms with Crippen molar-refractivity contribution in [2.75, 3.05) is 32.8 Å². The van der Waals surface area contributed by atoms with Crippen LogP contribution < -0.4 is 10.1 Å². The van der Waals surface area contributed by atoms with E-state index in [0.717, 1.165) is 31.7 Å². The van der Waals surface area contributed by atoms with Crippen LogP contribution in [0.2, 0.25) is 0 Å². The zero-order valence-electron chi connectivity index (χ0n) is 14.3. The molecule has 1 fully saturated rings. The monoisotopic (exact) mass is 364 g/mol. The first-order valence-corrected chi connectivity index (χ1v) is 8.18. The molecule has 142 valence electrons. The maximum Gasteiger partial charge on any atom is 0.461 e. The van der Waals surface area contributed by atoms with Gasteiger partial charge in [-0.3, -0.25) is 4.90 Å². The molecule has 0 aromatic heterocycles. The standard InChI is InChI=1S/C17H24F4N2O2/c1-16(2,11-24)14(23-9-7-22-8-10-23)12-3-5-13(6-4-12)25-17(20,21)15(18)19/h3-6,14-15,22,24H,7-11H2,1-2H3/t14-/m1/s1. The highest BCUT2D eigenvalue weighted by Crippen LogP contribution is 2.39. The second-order valence-electron chi connectivity index (χ2n) is 6.87. The molecule has 4 nitrogen and oxygen atoms in total. The average molecular weight is 364 g/mol. The number of piperazine rings is 1. The van der Waals surface area contributed by atoms with Crippen LogP contribution in [0, 0.1) is 5.41 Å². The SMILES string of the molecule is CC(C)(CO)[C@@H](c1ccc(OC(F)(F)C(F)F)cc1)N1CCNCC1. The van der Waals surface area contributed by atoms with Gasteiger partial charge in [-0.25, -0.2) is 0 Å². The van der Waals surface area contributed by atoms with Crippen LogP contribution in [-0.4, -0.2) is 55.3 Å². The van der Waals surface area contributed by atoms with E-state index in [0.29, 0.717) is 0 Å². The van der Waals surface area contributed by atoms with Crippen molar-refractivity contribution in [2.24, 2.45) is 5.41 Å². The fraction of sp³-hybridized carbons (Fsp3) is 0.647. The molecule has 0 spiro atoms. The first kappa shape index (κ1) is 19.9. The number of rotatable bonds is 7. The topological polar surface area (TPSA) is 44.7 Å². The van der Waals surface area contributed by atoms with Crippen molar-refractivity contribution in [1.29, 1.82) is 0 Å². The lowest BCUT2D eigenvalue weighted by Crippen LogP contribution is -2.49. The lowest BCUT2D eigenvalue weighted by Gasteiger charge is -2.43. The fourth-order valence-corrected chi connectivity index (χ4v) is 3.10. The molecule has 1 heterocycles. The predicted molar refractivity (Wildman–Crippen MR) is 86.1 cm³/mol. The largest absolute Gasteiger partial charge is 0.461 e. The number of hydrogen-bond acceptors (Lipinski definition) is 4. The summed E-state index contributed by atoms with van der Waals surface area (Å²) < 4.78 is 54.6. The molecule has 2 N–H and O–H groups in total. The van der Waals surface area contributed by atoms with Gasteiger partial charge in [0.15, 0.2) is 0 Å². The van der Waals surface area contributed by atoms with Crippen molar-refractivity contribution in [3.63, 3.8) is 0 Å². The maximum atomic E-state index is 13.0. The van der Waals surface area contributed by atoms with Crippen LogP contribution in [0.15, 0.2) is 24.3 Å². The summed E-state index contributed by atoms with van der Waals surface area (Å²) in [5, 5.41) is 13.0. The van der Waals surface area contributed by atoms with Gasteiger partial charge in [0.25, 0.3) is 0 Å². The molecule has 1 aromatic rings. The van der Waals surface area contributed by atoms with Crippen LogP contribution >= 0.6 is 0 Å². The normalized spacial score (nSPS) is 18.4. The van der Waals surface area contributed by atoms with Crippen molar-refractivity contribution in [3.8, 4) is 5.75 Å². The van der Waals surface area contributed by atoms with Gasteiger partial charge >= 0.3 is 12.5 Å². The van der Waals surface area contributed by atoms with Crippen LogP contribution in [0.1, 0.15) is 25.5 Å². The lowest BCUT2D eigenvalue weighted by molar-refractivity contribution is -0.253. The van der Waals surface area contributed by atoms with Crippen LogP contribution in [0.25, 0.3) is 0 Å². The van der Waals surface area contributed by atoms with E-state index in [2.05, 4.69) is 15.0 Å². The second kappa shape index (κ2) is 7.88. The van der Waals surface area contributed by atoms with Gasteiger partial charge in [0.1, 0.15) is 5.75 Å². The zero-order valence-corrected chi connectivity index (χ0v) is 14.3. The second-order valence-corrected chi connectivity index (χ2v) is 6.87. The number of aliphatic hydroxyl groups excluding tert-OH is 1. The Morgan fingerprint density at radius 2 is 1.72 bits per heavy atom. The van der Waals surface area contributed by atoms with E-state index in [9.17, 15) is 22.7 Å². The number of halogens is 4. The Balaban J connectivity index is 2.23. The van der Waals surface area contributed by atoms with Gasteiger partial charge in [0, 0.05) is 44.2 Å². The van der Waals surface area contributed by atoms with E-state index in [4.69, 9.17) is 0 Å². The molecular weight excluding hydrogens is 340 g/mol. The Kier molecular flexibility index (Phi) is 6.29. The number of benzene rings is 1. The van der Waals surface area contributed by atoms with E-state index in [1.54, 1.807) is 12.1 Å². The highest BCUT2D eigenvalue weighted by atomic mass is 19.3. The Hall–Kier alpha value is -1.38. The molecule has 1 saturated heterocycles. The van der Waals surface area contributed by atoms with E-state index >= 15 is 0 Å². The van der Waals surface area contributed by atoms with Gasteiger partial charge in [0.05, 0.1) is 0 Å². The summed E-state index contributed by atoms with van der Waals surface area (Å²) in [6.45, 7) is 7.01. The van der Waals surface area contributed by atoms with Gasteiger partial charge in [-0.1, -0.05) is 26.0 Å². The molecule has 25 heavy (non-hydrogen) atoms. The summed E-state index contributed by atoms with van der Waals surface area (Å²) in [4.78, 5) is 2.22. The smallest absolute Gasteiger partial charge is 0.428 e. The van der Waals surface area contributed by atoms with Crippen LogP contribution in [0.3, 0.4) is 0 Å². The van der Waals surface area contributed by atoms with Gasteiger partial charge in [-0.2, -0.15) is 17.6 Å². The molecule has 0 amide bonds. The highest BCUT2D eigenvalue weighted by molar-refractivity contribution is 5.30. The van der Waals surface area contributed by atoms with Gasteiger partial charge in [-0.05, 0) is 17.7 Å². The van der Waals surface area contributed by atoms with Crippen molar-refractivity contribution in [2.45, 2.75) is 32.4 Å². The Bertz CT molecular complexity index is 546. The van der Waals surface area contributed by atoms with Crippen LogP contribution in [-0.2, 0) is 0 Å². The number of ether oxygens (including phenoxy) is 1. The van der Waals surface area contributed by atoms with Crippen LogP contribution in [0.5, 0.6) is 5.75 Å². The van der Waals surface area contributed by atoms with Crippen molar-refractivity contribution in [3.05, 3.63) is 29.8 Å². The van der Waals surface area contributed by atoms with E-state index in [-0.39, 0.29) is 18.4 Å². The highest BCUT2D eigenvalue weighted by Gasteiger charge is 2.44. The lowest BCUT2D eigenvalue weighted by atomic mass is 9.79. The summed E-state index contributed by atoms with van der Waals surface area (Å²) in [6.07, 6.45) is -8.42. The molecule has 2 rings (SSSR count). The molecule has 1 aromatic carbocycles. The molecule has 0 unspecified atom stereocenters. The molecule has 0 saturated carbocycles. The molecule has 0 aliphatic carbocycles. The minimum atomic E-state index is -4.52. The minimum absolute atomic E-state index is 0.0523. The van der Waals surface area contributed by atoms with E-state index in [1.165, 1.54) is 12.1 Å². The maximum absolute atomic E-state index is 13.0. The number of aliphatic hydroxyl groups is 1. The van der Waals surface area contributed by atoms with Gasteiger partial charge in [-0.15, -0.1) is 0 Å². The first-order chi connectivity index (χ1) is 11.7. The zero-order chi connectivity index (χ0) is 18.7. The summed E-state index contributed by atoms with van der Waals surface area (Å²) >= 11 is 0. The van der Waals surface area contributed by atoms with Gasteiger partial charge in [0.2, 0.25) is 0 Å². The number of hydrogen-bond donors (Lipinski definition) is 2. The third kappa shape index (κ3) is 4.83. The third-order valence-corrected chi connectivity index (χ3v) is 4.37. The molecule has 0 radical (unpaired) electrons. The quantitative estimate of drug-likeness (QED) is 0.731. The summed E-state index contributed by atoms with van der Waals surface area (Å²) in [5.74, 6) is -0.324. The Labute approximate surface area is 144 Å². The van der Waals surface area contributed by atoms with Crippen LogP contribution in [0.4, 0.5) is 17.6 Å². The van der Waals surface area contributed by atoms with E-state index in [1.807, 2.05) is 13.8 Å². The Morgan fingerprint density at radius 3 is 2.20 bits per heavy atom. The predicted octanol–water partition coefficient (Wildman–Crippen LogP) is 2.89. The first-order valence-electron chi connectivity index (χ1n) is 8.18. The molecule has 8 heteroatoms. The van der Waals surface area contributed by atoms with Crippen molar-refractivity contribution < 1.29 is 27.4 Å². The van der Waals surface area contributed by atoms with Crippen molar-refractivity contribution in [1.82, 2.24) is 10.2 Å². The molecular formula is C17H24F4N2O2. The number of nitrogens with zero attached hydrogens (tertiary/aromatic N) is 1. The molecule has 0 bridgehead atoms. The molecule has 1 aliphatic rings. The average Bonchev–Trinajstić information content (AvgIpc) is 2.57. The summed E-state index contributed by atoms with van der Waals surface area (Å²) in [7, 11) is 0. The number of nitrogens with one attached hydrogen (secondary N) is 1. The van der Waals surface area contributed by atoms with E-state index < -0.39 is 17.9 Å². The minimum Gasteiger partial charge on any atom is -0.428 e. The van der Waals surface area contributed by atoms with Crippen molar-refractivity contribution >= 4 is 0 Å². The molecule has 1 aliphatic heterocycles. The number of alkyl halides is 4. The fourth-order valence-electron chi connectivity index (χ4n) is 3.10. The summed E-state index contributed by atoms with van der Waals surface area (Å²) in [5.41, 5.74) is 0.348.